The summed E-state index contributed by atoms with van der Waals surface area (Å²) in [5.41, 5.74) is 2.26. The fraction of sp³-hybridized carbons (Fsp3) is 0.467. The molecule has 0 radical (unpaired) electrons. The first kappa shape index (κ1) is 12.8. The van der Waals surface area contributed by atoms with Gasteiger partial charge in [-0.1, -0.05) is 6.08 Å². The van der Waals surface area contributed by atoms with Crippen molar-refractivity contribution in [2.45, 2.75) is 18.9 Å². The summed E-state index contributed by atoms with van der Waals surface area (Å²) in [4.78, 5) is 6.62. The van der Waals surface area contributed by atoms with Crippen LogP contribution in [0.3, 0.4) is 0 Å². The van der Waals surface area contributed by atoms with Crippen molar-refractivity contribution in [3.63, 3.8) is 0 Å². The van der Waals surface area contributed by atoms with Crippen LogP contribution in [0.2, 0.25) is 0 Å². The third-order valence-corrected chi connectivity index (χ3v) is 4.30. The number of fused-ring (bicyclic) bond motifs is 1. The van der Waals surface area contributed by atoms with Gasteiger partial charge in [0.1, 0.15) is 0 Å². The van der Waals surface area contributed by atoms with Gasteiger partial charge in [0.25, 0.3) is 0 Å². The minimum Gasteiger partial charge on any atom is -0.333 e. The third-order valence-electron chi connectivity index (χ3n) is 4.30. The maximum Gasteiger partial charge on any atom is 0.0889 e. The Morgan fingerprint density at radius 1 is 1.10 bits per heavy atom. The van der Waals surface area contributed by atoms with Crippen LogP contribution in [0.4, 0.5) is 5.69 Å². The Balaban J connectivity index is 1.75. The van der Waals surface area contributed by atoms with Crippen molar-refractivity contribution in [2.24, 2.45) is 0 Å². The molecule has 4 heterocycles. The first-order valence-electron chi connectivity index (χ1n) is 7.59. The number of aromatic nitrogens is 3. The summed E-state index contributed by atoms with van der Waals surface area (Å²) in [6.07, 6.45) is 12.4. The van der Waals surface area contributed by atoms with Crippen LogP contribution in [0.25, 0.3) is 10.9 Å². The van der Waals surface area contributed by atoms with Gasteiger partial charge in [-0.3, -0.25) is 15.0 Å². The smallest absolute Gasteiger partial charge is 0.0889 e. The van der Waals surface area contributed by atoms with Gasteiger partial charge in [0.2, 0.25) is 0 Å². The first-order valence-corrected chi connectivity index (χ1v) is 7.59. The quantitative estimate of drug-likeness (QED) is 0.869. The Bertz CT molecular complexity index is 655. The Kier molecular flexibility index (Phi) is 3.33. The van der Waals surface area contributed by atoms with E-state index in [1.54, 1.807) is 0 Å². The molecule has 6 heteroatoms. The summed E-state index contributed by atoms with van der Waals surface area (Å²) in [6.45, 7) is 3.87. The van der Waals surface area contributed by atoms with Crippen LogP contribution >= 0.6 is 0 Å². The Labute approximate surface area is 123 Å². The van der Waals surface area contributed by atoms with E-state index >= 15 is 0 Å². The molecule has 6 nitrogen and oxygen atoms in total. The lowest BCUT2D eigenvalue weighted by molar-refractivity contribution is 0.351. The molecule has 2 aliphatic heterocycles. The highest BCUT2D eigenvalue weighted by atomic mass is 15.3. The van der Waals surface area contributed by atoms with Crippen molar-refractivity contribution < 1.29 is 0 Å². The van der Waals surface area contributed by atoms with E-state index in [0.29, 0.717) is 6.04 Å². The van der Waals surface area contributed by atoms with Crippen LogP contribution in [0.15, 0.2) is 30.9 Å². The maximum absolute atomic E-state index is 4.65. The molecule has 0 unspecified atom stereocenters. The van der Waals surface area contributed by atoms with E-state index < -0.39 is 0 Å². The van der Waals surface area contributed by atoms with Gasteiger partial charge in [-0.2, -0.15) is 5.10 Å². The summed E-state index contributed by atoms with van der Waals surface area (Å²) >= 11 is 0. The lowest BCUT2D eigenvalue weighted by Gasteiger charge is -2.25. The molecule has 0 spiro atoms. The molecule has 0 bridgehead atoms. The highest BCUT2D eigenvalue weighted by Gasteiger charge is 2.20. The van der Waals surface area contributed by atoms with Crippen LogP contribution in [0, 0.1) is 0 Å². The molecular formula is C15H20N6. The van der Waals surface area contributed by atoms with Crippen LogP contribution in [0.1, 0.15) is 18.9 Å². The molecule has 0 aliphatic carbocycles. The molecule has 1 saturated heterocycles. The van der Waals surface area contributed by atoms with Crippen molar-refractivity contribution in [3.8, 4) is 0 Å². The number of piperidine rings is 1. The minimum absolute atomic E-state index is 0.482. The molecule has 2 aliphatic rings. The largest absolute Gasteiger partial charge is 0.333 e. The highest BCUT2D eigenvalue weighted by molar-refractivity contribution is 5.91. The predicted octanol–water partition coefficient (Wildman–Crippen LogP) is 1.24. The predicted molar refractivity (Wildman–Crippen MR) is 83.2 cm³/mol. The SMILES string of the molecule is C1=CN(c2cncc3c2cnn3C2CCNCC2)CNC1. The van der Waals surface area contributed by atoms with Gasteiger partial charge < -0.3 is 10.2 Å². The minimum atomic E-state index is 0.482. The summed E-state index contributed by atoms with van der Waals surface area (Å²) < 4.78 is 2.16. The average molecular weight is 284 g/mol. The van der Waals surface area contributed by atoms with Crippen LogP contribution in [-0.4, -0.2) is 41.1 Å². The summed E-state index contributed by atoms with van der Waals surface area (Å²) in [5, 5.41) is 12.6. The van der Waals surface area contributed by atoms with Gasteiger partial charge in [0.05, 0.1) is 42.5 Å². The zero-order valence-electron chi connectivity index (χ0n) is 12.0. The molecule has 2 N–H and O–H groups in total. The number of anilines is 1. The molecule has 110 valence electrons. The number of pyridine rings is 1. The Morgan fingerprint density at radius 3 is 2.81 bits per heavy atom. The van der Waals surface area contributed by atoms with Crippen molar-refractivity contribution in [1.29, 1.82) is 0 Å². The molecule has 0 aromatic carbocycles. The summed E-state index contributed by atoms with van der Waals surface area (Å²) in [7, 11) is 0. The van der Waals surface area contributed by atoms with Gasteiger partial charge >= 0.3 is 0 Å². The molecular weight excluding hydrogens is 264 g/mol. The zero-order chi connectivity index (χ0) is 14.1. The molecule has 1 fully saturated rings. The molecule has 0 atom stereocenters. The van der Waals surface area contributed by atoms with E-state index in [2.05, 4.69) is 42.6 Å². The van der Waals surface area contributed by atoms with Gasteiger partial charge in [0.15, 0.2) is 0 Å². The van der Waals surface area contributed by atoms with E-state index in [0.717, 1.165) is 50.3 Å². The Morgan fingerprint density at radius 2 is 2.00 bits per heavy atom. The van der Waals surface area contributed by atoms with E-state index in [1.165, 1.54) is 5.39 Å². The second kappa shape index (κ2) is 5.46. The van der Waals surface area contributed by atoms with Gasteiger partial charge in [-0.25, -0.2) is 0 Å². The number of hydrogen-bond acceptors (Lipinski definition) is 5. The van der Waals surface area contributed by atoms with Gasteiger partial charge in [-0.15, -0.1) is 0 Å². The van der Waals surface area contributed by atoms with Gasteiger partial charge in [-0.05, 0) is 25.9 Å². The standard InChI is InChI=1S/C15H20N6/c1-4-17-11-20(7-1)14-9-18-10-15-13(14)8-19-21(15)12-2-5-16-6-3-12/h1,7-10,12,16-17H,2-6,11H2. The second-order valence-corrected chi connectivity index (χ2v) is 5.63. The van der Waals surface area contributed by atoms with E-state index in [9.17, 15) is 0 Å². The van der Waals surface area contributed by atoms with E-state index in [1.807, 2.05) is 18.6 Å². The van der Waals surface area contributed by atoms with Crippen molar-refractivity contribution in [1.82, 2.24) is 25.4 Å². The van der Waals surface area contributed by atoms with E-state index in [-0.39, 0.29) is 0 Å². The van der Waals surface area contributed by atoms with Crippen molar-refractivity contribution in [2.75, 3.05) is 31.2 Å². The van der Waals surface area contributed by atoms with Crippen molar-refractivity contribution >= 4 is 16.6 Å². The van der Waals surface area contributed by atoms with Gasteiger partial charge in [0, 0.05) is 18.1 Å². The lowest BCUT2D eigenvalue weighted by atomic mass is 10.1. The van der Waals surface area contributed by atoms with Crippen LogP contribution < -0.4 is 15.5 Å². The molecule has 2 aromatic rings. The van der Waals surface area contributed by atoms with Crippen molar-refractivity contribution in [3.05, 3.63) is 30.9 Å². The summed E-state index contributed by atoms with van der Waals surface area (Å²) in [5.74, 6) is 0. The zero-order valence-corrected chi connectivity index (χ0v) is 12.0. The second-order valence-electron chi connectivity index (χ2n) is 5.63. The summed E-state index contributed by atoms with van der Waals surface area (Å²) in [6, 6.07) is 0.482. The molecule has 4 rings (SSSR count). The number of nitrogens with one attached hydrogen (secondary N) is 2. The Hall–Kier alpha value is -1.92. The van der Waals surface area contributed by atoms with E-state index in [4.69, 9.17) is 0 Å². The molecule has 0 amide bonds. The lowest BCUT2D eigenvalue weighted by Crippen LogP contribution is -2.34. The fourth-order valence-electron chi connectivity index (χ4n) is 3.18. The average Bonchev–Trinajstić information content (AvgIpc) is 3.00. The molecule has 2 aromatic heterocycles. The number of nitrogens with zero attached hydrogens (tertiary/aromatic N) is 4. The number of rotatable bonds is 2. The molecule has 0 saturated carbocycles. The first-order chi connectivity index (χ1) is 10.4. The maximum atomic E-state index is 4.65. The molecule has 21 heavy (non-hydrogen) atoms. The van der Waals surface area contributed by atoms with Crippen LogP contribution in [0.5, 0.6) is 0 Å². The highest BCUT2D eigenvalue weighted by Crippen LogP contribution is 2.29. The fourth-order valence-corrected chi connectivity index (χ4v) is 3.18. The third kappa shape index (κ3) is 2.30. The monoisotopic (exact) mass is 284 g/mol. The topological polar surface area (TPSA) is 58.0 Å². The number of hydrogen-bond donors (Lipinski definition) is 2. The normalized spacial score (nSPS) is 20.3. The van der Waals surface area contributed by atoms with Crippen LogP contribution in [-0.2, 0) is 0 Å².